The standard InChI is InChI=1S/C14H12F2N2O/c15-10-7-4-8-11(12(10)16)18-14(19)13(17)9-5-2-1-3-6-9/h1-8,13H,17H2,(H,18,19)/t13-/m0/s1. The molecular formula is C14H12F2N2O. The minimum Gasteiger partial charge on any atom is -0.322 e. The molecule has 2 aromatic carbocycles. The lowest BCUT2D eigenvalue weighted by Crippen LogP contribution is -2.28. The zero-order valence-corrected chi connectivity index (χ0v) is 9.94. The molecule has 0 bridgehead atoms. The Morgan fingerprint density at radius 3 is 2.42 bits per heavy atom. The first-order chi connectivity index (χ1) is 9.09. The molecule has 0 saturated carbocycles. The van der Waals surface area contributed by atoms with Crippen LogP contribution < -0.4 is 11.1 Å². The molecule has 0 aliphatic rings. The van der Waals surface area contributed by atoms with Crippen LogP contribution in [-0.2, 0) is 4.79 Å². The molecule has 0 fully saturated rings. The molecule has 2 aromatic rings. The Morgan fingerprint density at radius 1 is 1.05 bits per heavy atom. The average molecular weight is 262 g/mol. The Balaban J connectivity index is 2.15. The number of nitrogens with two attached hydrogens (primary N) is 1. The van der Waals surface area contributed by atoms with Gasteiger partial charge in [-0.3, -0.25) is 4.79 Å². The Hall–Kier alpha value is -2.27. The first kappa shape index (κ1) is 13.2. The van der Waals surface area contributed by atoms with Gasteiger partial charge in [0.15, 0.2) is 11.6 Å². The lowest BCUT2D eigenvalue weighted by Gasteiger charge is -2.13. The summed E-state index contributed by atoms with van der Waals surface area (Å²) >= 11 is 0. The first-order valence-corrected chi connectivity index (χ1v) is 5.65. The third kappa shape index (κ3) is 2.95. The van der Waals surface area contributed by atoms with Crippen LogP contribution in [-0.4, -0.2) is 5.91 Å². The maximum Gasteiger partial charge on any atom is 0.245 e. The molecule has 3 nitrogen and oxygen atoms in total. The highest BCUT2D eigenvalue weighted by Gasteiger charge is 2.17. The van der Waals surface area contributed by atoms with Gasteiger partial charge in [-0.25, -0.2) is 8.78 Å². The summed E-state index contributed by atoms with van der Waals surface area (Å²) in [4.78, 5) is 11.9. The molecule has 0 saturated heterocycles. The van der Waals surface area contributed by atoms with Crippen molar-refractivity contribution in [3.05, 3.63) is 65.7 Å². The second kappa shape index (κ2) is 5.58. The van der Waals surface area contributed by atoms with Crippen molar-refractivity contribution in [3.63, 3.8) is 0 Å². The number of carbonyl (C=O) groups is 1. The van der Waals surface area contributed by atoms with E-state index in [1.807, 2.05) is 0 Å². The number of amides is 1. The summed E-state index contributed by atoms with van der Waals surface area (Å²) in [6.07, 6.45) is 0. The maximum atomic E-state index is 13.4. The predicted molar refractivity (Wildman–Crippen MR) is 68.4 cm³/mol. The van der Waals surface area contributed by atoms with E-state index < -0.39 is 23.6 Å². The highest BCUT2D eigenvalue weighted by Crippen LogP contribution is 2.18. The van der Waals surface area contributed by atoms with Crippen LogP contribution in [0.15, 0.2) is 48.5 Å². The number of hydrogen-bond donors (Lipinski definition) is 2. The molecular weight excluding hydrogens is 250 g/mol. The Bertz CT molecular complexity index is 587. The summed E-state index contributed by atoms with van der Waals surface area (Å²) in [6, 6.07) is 11.3. The van der Waals surface area contributed by atoms with Gasteiger partial charge in [-0.05, 0) is 17.7 Å². The monoisotopic (exact) mass is 262 g/mol. The fourth-order valence-corrected chi connectivity index (χ4v) is 1.62. The number of rotatable bonds is 3. The van der Waals surface area contributed by atoms with Gasteiger partial charge < -0.3 is 11.1 Å². The largest absolute Gasteiger partial charge is 0.322 e. The summed E-state index contributed by atoms with van der Waals surface area (Å²) in [5.74, 6) is -2.72. The van der Waals surface area contributed by atoms with Crippen LogP contribution >= 0.6 is 0 Å². The summed E-state index contributed by atoms with van der Waals surface area (Å²) in [5, 5.41) is 2.27. The Kier molecular flexibility index (Phi) is 3.87. The third-order valence-electron chi connectivity index (χ3n) is 2.65. The van der Waals surface area contributed by atoms with Gasteiger partial charge in [0.25, 0.3) is 0 Å². The first-order valence-electron chi connectivity index (χ1n) is 5.65. The van der Waals surface area contributed by atoms with Crippen molar-refractivity contribution in [2.75, 3.05) is 5.32 Å². The number of anilines is 1. The SMILES string of the molecule is N[C@H](C(=O)Nc1cccc(F)c1F)c1ccccc1. The van der Waals surface area contributed by atoms with Crippen molar-refractivity contribution in [3.8, 4) is 0 Å². The highest BCUT2D eigenvalue weighted by atomic mass is 19.2. The topological polar surface area (TPSA) is 55.1 Å². The molecule has 0 spiro atoms. The van der Waals surface area contributed by atoms with Crippen molar-refractivity contribution >= 4 is 11.6 Å². The molecule has 19 heavy (non-hydrogen) atoms. The number of carbonyl (C=O) groups excluding carboxylic acids is 1. The van der Waals surface area contributed by atoms with E-state index in [-0.39, 0.29) is 5.69 Å². The molecule has 0 unspecified atom stereocenters. The number of nitrogens with one attached hydrogen (secondary N) is 1. The quantitative estimate of drug-likeness (QED) is 0.893. The van der Waals surface area contributed by atoms with Crippen molar-refractivity contribution in [1.82, 2.24) is 0 Å². The molecule has 3 N–H and O–H groups in total. The molecule has 0 heterocycles. The van der Waals surface area contributed by atoms with Crippen LogP contribution in [0, 0.1) is 11.6 Å². The van der Waals surface area contributed by atoms with Gasteiger partial charge in [0.05, 0.1) is 5.69 Å². The fraction of sp³-hybridized carbons (Fsp3) is 0.0714. The minimum absolute atomic E-state index is 0.226. The molecule has 0 aromatic heterocycles. The second-order valence-corrected chi connectivity index (χ2v) is 3.98. The molecule has 1 amide bonds. The fourth-order valence-electron chi connectivity index (χ4n) is 1.62. The predicted octanol–water partition coefficient (Wildman–Crippen LogP) is 2.60. The molecule has 5 heteroatoms. The van der Waals surface area contributed by atoms with Gasteiger partial charge in [-0.1, -0.05) is 36.4 Å². The Labute approximate surface area is 109 Å². The average Bonchev–Trinajstić information content (AvgIpc) is 2.44. The van der Waals surface area contributed by atoms with Crippen LogP contribution in [0.4, 0.5) is 14.5 Å². The van der Waals surface area contributed by atoms with Gasteiger partial charge >= 0.3 is 0 Å². The van der Waals surface area contributed by atoms with E-state index in [2.05, 4.69) is 5.32 Å². The molecule has 0 aliphatic carbocycles. The second-order valence-electron chi connectivity index (χ2n) is 3.98. The minimum atomic E-state index is -1.10. The van der Waals surface area contributed by atoms with Crippen LogP contribution in [0.25, 0.3) is 0 Å². The maximum absolute atomic E-state index is 13.4. The summed E-state index contributed by atoms with van der Waals surface area (Å²) in [7, 11) is 0. The van der Waals surface area contributed by atoms with Crippen LogP contribution in [0.2, 0.25) is 0 Å². The van der Waals surface area contributed by atoms with Gasteiger partial charge in [0.2, 0.25) is 5.91 Å². The summed E-state index contributed by atoms with van der Waals surface area (Å²) in [5.41, 5.74) is 6.11. The van der Waals surface area contributed by atoms with Gasteiger partial charge in [-0.2, -0.15) is 0 Å². The van der Waals surface area contributed by atoms with Crippen LogP contribution in [0.1, 0.15) is 11.6 Å². The third-order valence-corrected chi connectivity index (χ3v) is 2.65. The van der Waals surface area contributed by atoms with Crippen molar-refractivity contribution in [2.24, 2.45) is 5.73 Å². The van der Waals surface area contributed by atoms with E-state index in [0.717, 1.165) is 6.07 Å². The molecule has 2 rings (SSSR count). The van der Waals surface area contributed by atoms with E-state index in [0.29, 0.717) is 5.56 Å². The van der Waals surface area contributed by atoms with E-state index in [4.69, 9.17) is 5.73 Å². The van der Waals surface area contributed by atoms with Crippen molar-refractivity contribution in [1.29, 1.82) is 0 Å². The number of hydrogen-bond acceptors (Lipinski definition) is 2. The van der Waals surface area contributed by atoms with Crippen LogP contribution in [0.3, 0.4) is 0 Å². The molecule has 0 aliphatic heterocycles. The number of benzene rings is 2. The molecule has 0 radical (unpaired) electrons. The number of halogens is 2. The van der Waals surface area contributed by atoms with E-state index >= 15 is 0 Å². The van der Waals surface area contributed by atoms with Gasteiger partial charge in [0, 0.05) is 0 Å². The van der Waals surface area contributed by atoms with Crippen LogP contribution in [0.5, 0.6) is 0 Å². The van der Waals surface area contributed by atoms with Gasteiger partial charge in [0.1, 0.15) is 6.04 Å². The molecule has 1 atom stereocenters. The normalized spacial score (nSPS) is 11.9. The van der Waals surface area contributed by atoms with E-state index in [1.165, 1.54) is 12.1 Å². The smallest absolute Gasteiger partial charge is 0.245 e. The summed E-state index contributed by atoms with van der Waals surface area (Å²) < 4.78 is 26.4. The van der Waals surface area contributed by atoms with Gasteiger partial charge in [-0.15, -0.1) is 0 Å². The lowest BCUT2D eigenvalue weighted by atomic mass is 10.1. The highest BCUT2D eigenvalue weighted by molar-refractivity contribution is 5.95. The zero-order valence-electron chi connectivity index (χ0n) is 9.94. The van der Waals surface area contributed by atoms with Crippen molar-refractivity contribution < 1.29 is 13.6 Å². The van der Waals surface area contributed by atoms with E-state index in [9.17, 15) is 13.6 Å². The zero-order chi connectivity index (χ0) is 13.8. The molecule has 98 valence electrons. The summed E-state index contributed by atoms with van der Waals surface area (Å²) in [6.45, 7) is 0. The van der Waals surface area contributed by atoms with E-state index in [1.54, 1.807) is 30.3 Å². The lowest BCUT2D eigenvalue weighted by molar-refractivity contribution is -0.117. The van der Waals surface area contributed by atoms with Crippen molar-refractivity contribution in [2.45, 2.75) is 6.04 Å². The Morgan fingerprint density at radius 2 is 1.74 bits per heavy atom.